The number of rotatable bonds is 5. The first kappa shape index (κ1) is 14.3. The van der Waals surface area contributed by atoms with E-state index in [0.29, 0.717) is 11.3 Å². The van der Waals surface area contributed by atoms with Crippen molar-refractivity contribution in [2.75, 3.05) is 7.11 Å². The molecule has 104 valence electrons. The van der Waals surface area contributed by atoms with Gasteiger partial charge in [-0.1, -0.05) is 13.3 Å². The highest BCUT2D eigenvalue weighted by atomic mass is 16.5. The van der Waals surface area contributed by atoms with Crippen LogP contribution in [0, 0.1) is 6.92 Å². The van der Waals surface area contributed by atoms with Gasteiger partial charge in [0.1, 0.15) is 5.75 Å². The highest BCUT2D eigenvalue weighted by Crippen LogP contribution is 2.31. The molecule has 1 heterocycles. The first-order valence-electron chi connectivity index (χ1n) is 6.79. The lowest BCUT2D eigenvalue weighted by atomic mass is 9.97. The van der Waals surface area contributed by atoms with Crippen LogP contribution in [0.5, 0.6) is 5.75 Å². The van der Waals surface area contributed by atoms with Gasteiger partial charge in [0, 0.05) is 17.3 Å². The lowest BCUT2D eigenvalue weighted by molar-refractivity contribution is 0.112. The van der Waals surface area contributed by atoms with Gasteiger partial charge in [0.25, 0.3) is 0 Å². The molecule has 0 aliphatic rings. The smallest absolute Gasteiger partial charge is 0.152 e. The molecule has 0 aliphatic heterocycles. The van der Waals surface area contributed by atoms with Crippen molar-refractivity contribution in [1.82, 2.24) is 4.98 Å². The van der Waals surface area contributed by atoms with Gasteiger partial charge in [0.2, 0.25) is 0 Å². The molecular weight excluding hydrogens is 250 g/mol. The fourth-order valence-electron chi connectivity index (χ4n) is 2.38. The minimum atomic E-state index is 0.598. The van der Waals surface area contributed by atoms with Gasteiger partial charge in [-0.25, -0.2) is 0 Å². The summed E-state index contributed by atoms with van der Waals surface area (Å²) in [7, 11) is 1.67. The van der Waals surface area contributed by atoms with Gasteiger partial charge in [-0.05, 0) is 48.7 Å². The Morgan fingerprint density at radius 3 is 2.80 bits per heavy atom. The molecule has 3 nitrogen and oxygen atoms in total. The minimum Gasteiger partial charge on any atom is -0.496 e. The Morgan fingerprint density at radius 2 is 2.15 bits per heavy atom. The minimum absolute atomic E-state index is 0.598. The van der Waals surface area contributed by atoms with Crippen molar-refractivity contribution in [3.63, 3.8) is 0 Å². The number of methoxy groups -OCH3 is 1. The van der Waals surface area contributed by atoms with Gasteiger partial charge in [-0.15, -0.1) is 0 Å². The third kappa shape index (κ3) is 2.72. The standard InChI is InChI=1S/C17H19NO2/c1-4-6-13-9-15(10-16(20-3)12(13)2)17-14(11-19)7-5-8-18-17/h5,7-11H,4,6H2,1-3H3. The summed E-state index contributed by atoms with van der Waals surface area (Å²) in [6.45, 7) is 4.21. The third-order valence-corrected chi connectivity index (χ3v) is 3.45. The normalized spacial score (nSPS) is 10.3. The molecule has 0 spiro atoms. The first-order chi connectivity index (χ1) is 9.71. The van der Waals surface area contributed by atoms with E-state index in [-0.39, 0.29) is 0 Å². The number of pyridine rings is 1. The molecule has 0 radical (unpaired) electrons. The average Bonchev–Trinajstić information content (AvgIpc) is 2.49. The summed E-state index contributed by atoms with van der Waals surface area (Å²) in [6.07, 6.45) is 4.60. The highest BCUT2D eigenvalue weighted by molar-refractivity contribution is 5.86. The summed E-state index contributed by atoms with van der Waals surface area (Å²) < 4.78 is 5.45. The predicted octanol–water partition coefficient (Wildman–Crippen LogP) is 3.83. The van der Waals surface area contributed by atoms with E-state index >= 15 is 0 Å². The van der Waals surface area contributed by atoms with Gasteiger partial charge in [0.05, 0.1) is 12.8 Å². The number of carbonyl (C=O) groups excluding carboxylic acids is 1. The molecule has 0 bridgehead atoms. The van der Waals surface area contributed by atoms with Crippen molar-refractivity contribution in [2.24, 2.45) is 0 Å². The van der Waals surface area contributed by atoms with Crippen LogP contribution < -0.4 is 4.74 Å². The van der Waals surface area contributed by atoms with E-state index < -0.39 is 0 Å². The molecule has 0 fully saturated rings. The Balaban J connectivity index is 2.61. The van der Waals surface area contributed by atoms with Crippen LogP contribution in [0.15, 0.2) is 30.5 Å². The number of ether oxygens (including phenoxy) is 1. The van der Waals surface area contributed by atoms with Crippen molar-refractivity contribution < 1.29 is 9.53 Å². The highest BCUT2D eigenvalue weighted by Gasteiger charge is 2.12. The number of hydrogen-bond donors (Lipinski definition) is 0. The molecule has 2 rings (SSSR count). The van der Waals surface area contributed by atoms with E-state index in [2.05, 4.69) is 24.9 Å². The van der Waals surface area contributed by atoms with Crippen molar-refractivity contribution in [1.29, 1.82) is 0 Å². The molecule has 0 saturated carbocycles. The topological polar surface area (TPSA) is 39.2 Å². The van der Waals surface area contributed by atoms with Crippen LogP contribution in [-0.4, -0.2) is 18.4 Å². The Hall–Kier alpha value is -2.16. The van der Waals surface area contributed by atoms with Crippen LogP contribution in [-0.2, 0) is 6.42 Å². The molecule has 0 unspecified atom stereocenters. The van der Waals surface area contributed by atoms with Crippen molar-refractivity contribution in [3.8, 4) is 17.0 Å². The van der Waals surface area contributed by atoms with E-state index in [9.17, 15) is 4.79 Å². The maximum atomic E-state index is 11.2. The fraction of sp³-hybridized carbons (Fsp3) is 0.294. The molecular formula is C17H19NO2. The number of nitrogens with zero attached hydrogens (tertiary/aromatic N) is 1. The summed E-state index contributed by atoms with van der Waals surface area (Å²) >= 11 is 0. The van der Waals surface area contributed by atoms with E-state index in [1.54, 1.807) is 25.4 Å². The first-order valence-corrected chi connectivity index (χ1v) is 6.79. The van der Waals surface area contributed by atoms with Crippen molar-refractivity contribution in [3.05, 3.63) is 47.2 Å². The second-order valence-corrected chi connectivity index (χ2v) is 4.77. The average molecular weight is 269 g/mol. The SMILES string of the molecule is CCCc1cc(-c2ncccc2C=O)cc(OC)c1C. The van der Waals surface area contributed by atoms with Crippen molar-refractivity contribution >= 4 is 6.29 Å². The predicted molar refractivity (Wildman–Crippen MR) is 80.3 cm³/mol. The maximum absolute atomic E-state index is 11.2. The van der Waals surface area contributed by atoms with Crippen LogP contribution in [0.3, 0.4) is 0 Å². The molecule has 1 aromatic heterocycles. The molecule has 0 N–H and O–H groups in total. The summed E-state index contributed by atoms with van der Waals surface area (Å²) in [4.78, 5) is 15.5. The summed E-state index contributed by atoms with van der Waals surface area (Å²) in [5.74, 6) is 0.841. The lowest BCUT2D eigenvalue weighted by Gasteiger charge is -2.13. The van der Waals surface area contributed by atoms with Gasteiger partial charge >= 0.3 is 0 Å². The Labute approximate surface area is 119 Å². The molecule has 3 heteroatoms. The largest absolute Gasteiger partial charge is 0.496 e. The molecule has 1 aromatic carbocycles. The van der Waals surface area contributed by atoms with Gasteiger partial charge in [-0.3, -0.25) is 9.78 Å². The maximum Gasteiger partial charge on any atom is 0.152 e. The zero-order valence-corrected chi connectivity index (χ0v) is 12.1. The number of benzene rings is 1. The van der Waals surface area contributed by atoms with Crippen LogP contribution >= 0.6 is 0 Å². The zero-order chi connectivity index (χ0) is 14.5. The Kier molecular flexibility index (Phi) is 4.51. The summed E-state index contributed by atoms with van der Waals surface area (Å²) in [6, 6.07) is 7.60. The zero-order valence-electron chi connectivity index (χ0n) is 12.1. The molecule has 0 amide bonds. The Morgan fingerprint density at radius 1 is 1.35 bits per heavy atom. The molecule has 0 atom stereocenters. The van der Waals surface area contributed by atoms with E-state index in [1.807, 2.05) is 6.07 Å². The van der Waals surface area contributed by atoms with Crippen LogP contribution in [0.4, 0.5) is 0 Å². The second kappa shape index (κ2) is 6.33. The third-order valence-electron chi connectivity index (χ3n) is 3.45. The number of hydrogen-bond acceptors (Lipinski definition) is 3. The van der Waals surface area contributed by atoms with Crippen LogP contribution in [0.2, 0.25) is 0 Å². The monoisotopic (exact) mass is 269 g/mol. The molecule has 0 aliphatic carbocycles. The second-order valence-electron chi connectivity index (χ2n) is 4.77. The van der Waals surface area contributed by atoms with Crippen molar-refractivity contribution in [2.45, 2.75) is 26.7 Å². The van der Waals surface area contributed by atoms with Gasteiger partial charge in [0.15, 0.2) is 6.29 Å². The number of aromatic nitrogens is 1. The quantitative estimate of drug-likeness (QED) is 0.774. The number of aldehydes is 1. The van der Waals surface area contributed by atoms with E-state index in [0.717, 1.165) is 36.0 Å². The molecule has 2 aromatic rings. The lowest BCUT2D eigenvalue weighted by Crippen LogP contribution is -1.98. The Bertz CT molecular complexity index is 620. The van der Waals surface area contributed by atoms with Crippen LogP contribution in [0.1, 0.15) is 34.8 Å². The number of carbonyl (C=O) groups is 1. The molecule has 20 heavy (non-hydrogen) atoms. The van der Waals surface area contributed by atoms with E-state index in [1.165, 1.54) is 5.56 Å². The number of aryl methyl sites for hydroxylation is 1. The summed E-state index contributed by atoms with van der Waals surface area (Å²) in [5, 5.41) is 0. The fourth-order valence-corrected chi connectivity index (χ4v) is 2.38. The van der Waals surface area contributed by atoms with Crippen LogP contribution in [0.25, 0.3) is 11.3 Å². The van der Waals surface area contributed by atoms with E-state index in [4.69, 9.17) is 4.74 Å². The molecule has 0 saturated heterocycles. The van der Waals surface area contributed by atoms with Gasteiger partial charge in [-0.2, -0.15) is 0 Å². The summed E-state index contributed by atoms with van der Waals surface area (Å²) in [5.41, 5.74) is 4.63. The van der Waals surface area contributed by atoms with Gasteiger partial charge < -0.3 is 4.74 Å².